The van der Waals surface area contributed by atoms with Crippen LogP contribution in [-0.2, 0) is 0 Å². The molecule has 0 radical (unpaired) electrons. The fraction of sp³-hybridized carbons (Fsp3) is 0. The molecular weight excluding hydrogens is 601 g/mol. The Morgan fingerprint density at radius 2 is 0.979 bits per heavy atom. The number of rotatable bonds is 4. The first kappa shape index (κ1) is 27.1. The van der Waals surface area contributed by atoms with Gasteiger partial charge in [0.25, 0.3) is 0 Å². The van der Waals surface area contributed by atoms with E-state index in [1.807, 2.05) is 11.3 Å². The average Bonchev–Trinajstić information content (AvgIpc) is 3.54. The number of aromatic nitrogens is 1. The minimum absolute atomic E-state index is 1.01. The predicted molar refractivity (Wildman–Crippen MR) is 207 cm³/mol. The number of anilines is 3. The molecule has 0 bridgehead atoms. The van der Waals surface area contributed by atoms with Crippen molar-refractivity contribution in [1.29, 1.82) is 0 Å². The van der Waals surface area contributed by atoms with Gasteiger partial charge in [-0.1, -0.05) is 121 Å². The van der Waals surface area contributed by atoms with Gasteiger partial charge in [0.2, 0.25) is 0 Å². The molecule has 0 atom stereocenters. The fourth-order valence-corrected chi connectivity index (χ4v) is 8.55. The van der Waals surface area contributed by atoms with E-state index in [9.17, 15) is 0 Å². The lowest BCUT2D eigenvalue weighted by molar-refractivity contribution is 1.29. The first-order valence-electron chi connectivity index (χ1n) is 16.3. The summed E-state index contributed by atoms with van der Waals surface area (Å²) < 4.78 is 2.64. The van der Waals surface area contributed by atoms with Gasteiger partial charge in [-0.2, -0.15) is 0 Å². The maximum absolute atomic E-state index is 5.28. The summed E-state index contributed by atoms with van der Waals surface area (Å²) in [7, 11) is 0. The summed E-state index contributed by atoms with van der Waals surface area (Å²) in [5.74, 6) is 0. The van der Waals surface area contributed by atoms with E-state index in [-0.39, 0.29) is 0 Å². The van der Waals surface area contributed by atoms with Crippen LogP contribution in [-0.4, -0.2) is 4.98 Å². The van der Waals surface area contributed by atoms with Crippen LogP contribution in [0, 0.1) is 0 Å². The summed E-state index contributed by atoms with van der Waals surface area (Å²) in [5.41, 5.74) is 6.48. The predicted octanol–water partition coefficient (Wildman–Crippen LogP) is 13.2. The normalized spacial score (nSPS) is 11.8. The van der Waals surface area contributed by atoms with Gasteiger partial charge in [-0.05, 0) is 70.1 Å². The molecule has 3 heteroatoms. The second kappa shape index (κ2) is 10.8. The third kappa shape index (κ3) is 4.29. The van der Waals surface area contributed by atoms with Gasteiger partial charge in [-0.15, -0.1) is 11.3 Å². The summed E-state index contributed by atoms with van der Waals surface area (Å²) in [6.45, 7) is 0. The van der Waals surface area contributed by atoms with Gasteiger partial charge in [-0.25, -0.2) is 4.98 Å². The maximum Gasteiger partial charge on any atom is 0.0788 e. The smallest absolute Gasteiger partial charge is 0.0788 e. The summed E-state index contributed by atoms with van der Waals surface area (Å²) in [6, 6.07) is 61.3. The summed E-state index contributed by atoms with van der Waals surface area (Å²) >= 11 is 1.88. The highest BCUT2D eigenvalue weighted by molar-refractivity contribution is 7.26. The van der Waals surface area contributed by atoms with E-state index in [0.717, 1.165) is 33.8 Å². The Balaban J connectivity index is 1.16. The van der Waals surface area contributed by atoms with Crippen molar-refractivity contribution in [3.63, 3.8) is 0 Å². The van der Waals surface area contributed by atoms with Crippen molar-refractivity contribution < 1.29 is 0 Å². The summed E-state index contributed by atoms with van der Waals surface area (Å²) in [5, 5.41) is 11.2. The Hall–Kier alpha value is -6.03. The monoisotopic (exact) mass is 628 g/mol. The van der Waals surface area contributed by atoms with Crippen molar-refractivity contribution >= 4 is 91.8 Å². The van der Waals surface area contributed by atoms with Crippen molar-refractivity contribution in [2.45, 2.75) is 0 Å². The molecule has 224 valence electrons. The quantitative estimate of drug-likeness (QED) is 0.180. The van der Waals surface area contributed by atoms with E-state index in [4.69, 9.17) is 4.98 Å². The lowest BCUT2D eigenvalue weighted by Crippen LogP contribution is -2.10. The highest BCUT2D eigenvalue weighted by atomic mass is 32.1. The molecule has 0 fully saturated rings. The molecule has 48 heavy (non-hydrogen) atoms. The molecule has 0 spiro atoms. The van der Waals surface area contributed by atoms with Gasteiger partial charge in [0.05, 0.1) is 11.2 Å². The second-order valence-corrected chi connectivity index (χ2v) is 13.4. The lowest BCUT2D eigenvalue weighted by atomic mass is 9.98. The van der Waals surface area contributed by atoms with Crippen LogP contribution in [0.1, 0.15) is 0 Å². The third-order valence-corrected chi connectivity index (χ3v) is 10.8. The van der Waals surface area contributed by atoms with Crippen LogP contribution in [0.2, 0.25) is 0 Å². The number of hydrogen-bond acceptors (Lipinski definition) is 3. The molecule has 2 heterocycles. The first-order valence-corrected chi connectivity index (χ1v) is 17.1. The Labute approximate surface area is 281 Å². The molecule has 0 saturated carbocycles. The number of benzene rings is 8. The number of hydrogen-bond donors (Lipinski definition) is 0. The van der Waals surface area contributed by atoms with Crippen molar-refractivity contribution in [2.75, 3.05) is 4.90 Å². The molecule has 0 saturated heterocycles. The van der Waals surface area contributed by atoms with E-state index >= 15 is 0 Å². The van der Waals surface area contributed by atoms with Crippen molar-refractivity contribution in [3.8, 4) is 11.3 Å². The van der Waals surface area contributed by atoms with E-state index < -0.39 is 0 Å². The van der Waals surface area contributed by atoms with Gasteiger partial charge in [0.1, 0.15) is 0 Å². The molecule has 0 N–H and O–H groups in total. The fourth-order valence-electron chi connectivity index (χ4n) is 7.28. The average molecular weight is 629 g/mol. The molecular formula is C45H28N2S. The first-order chi connectivity index (χ1) is 23.8. The van der Waals surface area contributed by atoms with E-state index in [0.29, 0.717) is 0 Å². The molecule has 2 nitrogen and oxygen atoms in total. The molecule has 0 aliphatic heterocycles. The summed E-state index contributed by atoms with van der Waals surface area (Å²) in [4.78, 5) is 7.64. The van der Waals surface area contributed by atoms with Crippen molar-refractivity contribution in [2.24, 2.45) is 0 Å². The highest BCUT2D eigenvalue weighted by Crippen LogP contribution is 2.44. The van der Waals surface area contributed by atoms with Crippen molar-refractivity contribution in [3.05, 3.63) is 170 Å². The number of nitrogens with zero attached hydrogens (tertiary/aromatic N) is 2. The van der Waals surface area contributed by atoms with Crippen LogP contribution in [0.25, 0.3) is 74.6 Å². The van der Waals surface area contributed by atoms with Gasteiger partial charge >= 0.3 is 0 Å². The maximum atomic E-state index is 5.28. The van der Waals surface area contributed by atoms with Gasteiger partial charge in [-0.3, -0.25) is 0 Å². The number of para-hydroxylation sites is 1. The third-order valence-electron chi connectivity index (χ3n) is 9.59. The molecule has 0 aliphatic carbocycles. The van der Waals surface area contributed by atoms with Gasteiger partial charge in [0.15, 0.2) is 0 Å². The number of fused-ring (bicyclic) bond motifs is 9. The largest absolute Gasteiger partial charge is 0.310 e. The van der Waals surface area contributed by atoms with Crippen LogP contribution in [0.5, 0.6) is 0 Å². The topological polar surface area (TPSA) is 16.1 Å². The number of thiophene rings is 1. The van der Waals surface area contributed by atoms with Gasteiger partial charge in [0, 0.05) is 59.0 Å². The molecule has 0 amide bonds. The Bertz CT molecular complexity index is 2770. The Morgan fingerprint density at radius 3 is 1.69 bits per heavy atom. The molecule has 0 aliphatic rings. The Kier molecular flexibility index (Phi) is 6.08. The lowest BCUT2D eigenvalue weighted by Gasteiger charge is -2.26. The van der Waals surface area contributed by atoms with Crippen LogP contribution in [0.3, 0.4) is 0 Å². The standard InChI is InChI=1S/C45H28N2S/c1-3-11-32-27-35(23-17-29(32)9-1)47(36-24-18-30-10-2-4-12-33(30)28-36)34-21-19-31(20-22-34)44-40-26-25-38-37-13-6-8-16-42(37)48-45(38)43(40)39-14-5-7-15-41(39)46-44/h1-28H. The molecule has 10 aromatic rings. The van der Waals surface area contributed by atoms with Crippen molar-refractivity contribution in [1.82, 2.24) is 4.98 Å². The van der Waals surface area contributed by atoms with E-state index in [2.05, 4.69) is 175 Å². The van der Waals surface area contributed by atoms with Gasteiger partial charge < -0.3 is 4.90 Å². The molecule has 8 aromatic carbocycles. The van der Waals surface area contributed by atoms with E-state index in [1.165, 1.54) is 57.9 Å². The summed E-state index contributed by atoms with van der Waals surface area (Å²) in [6.07, 6.45) is 0. The zero-order valence-corrected chi connectivity index (χ0v) is 26.8. The van der Waals surface area contributed by atoms with Crippen LogP contribution < -0.4 is 4.90 Å². The molecule has 2 aromatic heterocycles. The SMILES string of the molecule is c1ccc2cc(N(c3ccc(-c4nc5ccccc5c5c4ccc4c6ccccc6sc45)cc3)c3ccc4ccccc4c3)ccc2c1. The second-order valence-electron chi connectivity index (χ2n) is 12.4. The minimum Gasteiger partial charge on any atom is -0.310 e. The van der Waals surface area contributed by atoms with E-state index in [1.54, 1.807) is 0 Å². The minimum atomic E-state index is 1.01. The van der Waals surface area contributed by atoms with Crippen LogP contribution in [0.15, 0.2) is 170 Å². The zero-order chi connectivity index (χ0) is 31.6. The Morgan fingerprint density at radius 1 is 0.417 bits per heavy atom. The van der Waals surface area contributed by atoms with Crippen LogP contribution >= 0.6 is 11.3 Å². The number of pyridine rings is 1. The van der Waals surface area contributed by atoms with Crippen LogP contribution in [0.4, 0.5) is 17.1 Å². The molecule has 10 rings (SSSR count). The zero-order valence-electron chi connectivity index (χ0n) is 26.0. The highest BCUT2D eigenvalue weighted by Gasteiger charge is 2.18. The molecule has 0 unspecified atom stereocenters.